The number of aromatic nitrogens is 3. The van der Waals surface area contributed by atoms with E-state index in [1.807, 2.05) is 61.9 Å². The van der Waals surface area contributed by atoms with Crippen LogP contribution in [0.15, 0.2) is 53.7 Å². The van der Waals surface area contributed by atoms with Gasteiger partial charge in [0.15, 0.2) is 5.16 Å². The number of nitrogens with one attached hydrogen (secondary N) is 1. The lowest BCUT2D eigenvalue weighted by Gasteiger charge is -2.09. The molecule has 0 aliphatic rings. The normalized spacial score (nSPS) is 10.5. The quantitative estimate of drug-likeness (QED) is 0.577. The number of hydrogen-bond donors (Lipinski definition) is 1. The van der Waals surface area contributed by atoms with Crippen molar-refractivity contribution in [1.82, 2.24) is 14.8 Å². The Hall–Kier alpha value is -3.00. The predicted molar refractivity (Wildman–Crippen MR) is 109 cm³/mol. The van der Waals surface area contributed by atoms with Gasteiger partial charge >= 0.3 is 0 Å². The molecule has 2 aromatic carbocycles. The maximum atomic E-state index is 12.1. The minimum absolute atomic E-state index is 0.106. The number of carbonyl (C=O) groups is 1. The molecule has 1 aromatic heterocycles. The molecule has 0 spiro atoms. The molecule has 1 N–H and O–H groups in total. The first-order valence-corrected chi connectivity index (χ1v) is 9.83. The molecule has 146 valence electrons. The number of anilines is 1. The molecule has 0 aliphatic heterocycles. The van der Waals surface area contributed by atoms with Crippen LogP contribution in [0.25, 0.3) is 0 Å². The van der Waals surface area contributed by atoms with Crippen molar-refractivity contribution in [1.29, 1.82) is 0 Å². The molecule has 0 unspecified atom stereocenters. The number of benzene rings is 2. The Balaban J connectivity index is 1.50. The summed E-state index contributed by atoms with van der Waals surface area (Å²) in [5.41, 5.74) is 0.707. The van der Waals surface area contributed by atoms with Gasteiger partial charge in [-0.15, -0.1) is 10.2 Å². The van der Waals surface area contributed by atoms with E-state index in [2.05, 4.69) is 15.5 Å². The van der Waals surface area contributed by atoms with Gasteiger partial charge in [0.25, 0.3) is 0 Å². The summed E-state index contributed by atoms with van der Waals surface area (Å²) in [6, 6.07) is 14.7. The highest BCUT2D eigenvalue weighted by molar-refractivity contribution is 7.99. The largest absolute Gasteiger partial charge is 0.494 e. The minimum atomic E-state index is -0.106. The molecular formula is C20H22N4O3S. The standard InChI is InChI=1S/C20H22N4O3S/c1-4-26-16-9-11-18(12-10-16)27-17-7-5-15(6-8-17)21-19(25)13-28-20-23-22-14(2)24(20)3/h5-12H,4,13H2,1-3H3,(H,21,25). The molecule has 0 aliphatic carbocycles. The number of nitrogens with zero attached hydrogens (tertiary/aromatic N) is 3. The Bertz CT molecular complexity index is 924. The summed E-state index contributed by atoms with van der Waals surface area (Å²) in [7, 11) is 1.87. The van der Waals surface area contributed by atoms with Crippen LogP contribution in [0.3, 0.4) is 0 Å². The van der Waals surface area contributed by atoms with Crippen LogP contribution < -0.4 is 14.8 Å². The average Bonchev–Trinajstić information content (AvgIpc) is 3.02. The van der Waals surface area contributed by atoms with Gasteiger partial charge in [-0.2, -0.15) is 0 Å². The van der Waals surface area contributed by atoms with E-state index in [-0.39, 0.29) is 11.7 Å². The zero-order chi connectivity index (χ0) is 19.9. The van der Waals surface area contributed by atoms with Crippen LogP contribution >= 0.6 is 11.8 Å². The molecule has 0 atom stereocenters. The SMILES string of the molecule is CCOc1ccc(Oc2ccc(NC(=O)CSc3nnc(C)n3C)cc2)cc1. The summed E-state index contributed by atoms with van der Waals surface area (Å²) in [5.74, 6) is 3.18. The number of amides is 1. The predicted octanol–water partition coefficient (Wildman–Crippen LogP) is 4.05. The lowest BCUT2D eigenvalue weighted by Crippen LogP contribution is -2.14. The first-order valence-electron chi connectivity index (χ1n) is 8.84. The van der Waals surface area contributed by atoms with Crippen molar-refractivity contribution in [3.8, 4) is 17.2 Å². The summed E-state index contributed by atoms with van der Waals surface area (Å²) >= 11 is 1.35. The molecule has 1 heterocycles. The van der Waals surface area contributed by atoms with E-state index in [1.54, 1.807) is 12.1 Å². The summed E-state index contributed by atoms with van der Waals surface area (Å²) < 4.78 is 13.1. The van der Waals surface area contributed by atoms with Gasteiger partial charge in [-0.3, -0.25) is 4.79 Å². The van der Waals surface area contributed by atoms with Crippen molar-refractivity contribution >= 4 is 23.4 Å². The number of carbonyl (C=O) groups excluding carboxylic acids is 1. The lowest BCUT2D eigenvalue weighted by atomic mass is 10.3. The first-order chi connectivity index (χ1) is 13.5. The molecule has 1 amide bonds. The molecule has 0 fully saturated rings. The van der Waals surface area contributed by atoms with E-state index < -0.39 is 0 Å². The van der Waals surface area contributed by atoms with E-state index in [1.165, 1.54) is 11.8 Å². The van der Waals surface area contributed by atoms with Crippen LogP contribution in [0.5, 0.6) is 17.2 Å². The van der Waals surface area contributed by atoms with Gasteiger partial charge < -0.3 is 19.4 Å². The summed E-state index contributed by atoms with van der Waals surface area (Å²) in [5, 5.41) is 11.6. The maximum absolute atomic E-state index is 12.1. The van der Waals surface area contributed by atoms with Crippen LogP contribution in [-0.2, 0) is 11.8 Å². The molecule has 7 nitrogen and oxygen atoms in total. The summed E-state index contributed by atoms with van der Waals surface area (Å²) in [4.78, 5) is 12.1. The van der Waals surface area contributed by atoms with E-state index >= 15 is 0 Å². The topological polar surface area (TPSA) is 78.3 Å². The molecule has 3 rings (SSSR count). The van der Waals surface area contributed by atoms with Gasteiger partial charge in [-0.1, -0.05) is 11.8 Å². The third-order valence-electron chi connectivity index (χ3n) is 3.89. The number of thioether (sulfide) groups is 1. The number of hydrogen-bond acceptors (Lipinski definition) is 6. The highest BCUT2D eigenvalue weighted by Crippen LogP contribution is 2.25. The highest BCUT2D eigenvalue weighted by atomic mass is 32.2. The van der Waals surface area contributed by atoms with Crippen LogP contribution in [-0.4, -0.2) is 33.0 Å². The fraction of sp³-hybridized carbons (Fsp3) is 0.250. The Labute approximate surface area is 168 Å². The van der Waals surface area contributed by atoms with E-state index in [0.29, 0.717) is 23.2 Å². The molecule has 3 aromatic rings. The van der Waals surface area contributed by atoms with Crippen LogP contribution in [0.2, 0.25) is 0 Å². The van der Waals surface area contributed by atoms with Crippen molar-refractivity contribution in [2.45, 2.75) is 19.0 Å². The second-order valence-electron chi connectivity index (χ2n) is 5.96. The molecule has 28 heavy (non-hydrogen) atoms. The van der Waals surface area contributed by atoms with Gasteiger partial charge in [0, 0.05) is 12.7 Å². The molecular weight excluding hydrogens is 376 g/mol. The van der Waals surface area contributed by atoms with Crippen molar-refractivity contribution < 1.29 is 14.3 Å². The fourth-order valence-electron chi connectivity index (χ4n) is 2.35. The zero-order valence-corrected chi connectivity index (χ0v) is 16.8. The Morgan fingerprint density at radius 1 is 1.04 bits per heavy atom. The molecule has 0 bridgehead atoms. The van der Waals surface area contributed by atoms with Crippen molar-refractivity contribution in [3.05, 3.63) is 54.4 Å². The Morgan fingerprint density at radius 3 is 2.21 bits per heavy atom. The van der Waals surface area contributed by atoms with Gasteiger partial charge in [-0.05, 0) is 62.4 Å². The number of rotatable bonds is 8. The van der Waals surface area contributed by atoms with Gasteiger partial charge in [0.2, 0.25) is 5.91 Å². The third kappa shape index (κ3) is 5.26. The second kappa shape index (κ2) is 9.27. The molecule has 0 saturated carbocycles. The van der Waals surface area contributed by atoms with E-state index in [4.69, 9.17) is 9.47 Å². The monoisotopic (exact) mass is 398 g/mol. The molecule has 0 saturated heterocycles. The number of ether oxygens (including phenoxy) is 2. The summed E-state index contributed by atoms with van der Waals surface area (Å²) in [6.07, 6.45) is 0. The highest BCUT2D eigenvalue weighted by Gasteiger charge is 2.09. The minimum Gasteiger partial charge on any atom is -0.494 e. The number of aryl methyl sites for hydroxylation is 1. The lowest BCUT2D eigenvalue weighted by molar-refractivity contribution is -0.113. The molecule has 0 radical (unpaired) electrons. The fourth-order valence-corrected chi connectivity index (χ4v) is 3.11. The first kappa shape index (κ1) is 19.8. The average molecular weight is 398 g/mol. The summed E-state index contributed by atoms with van der Waals surface area (Å²) in [6.45, 7) is 4.44. The molecule has 8 heteroatoms. The van der Waals surface area contributed by atoms with E-state index in [0.717, 1.165) is 17.3 Å². The third-order valence-corrected chi connectivity index (χ3v) is 4.91. The second-order valence-corrected chi connectivity index (χ2v) is 6.90. The Kier molecular flexibility index (Phi) is 6.54. The van der Waals surface area contributed by atoms with Gasteiger partial charge in [-0.25, -0.2) is 0 Å². The maximum Gasteiger partial charge on any atom is 0.234 e. The van der Waals surface area contributed by atoms with Crippen molar-refractivity contribution in [3.63, 3.8) is 0 Å². The zero-order valence-electron chi connectivity index (χ0n) is 16.0. The van der Waals surface area contributed by atoms with Crippen LogP contribution in [0, 0.1) is 6.92 Å². The smallest absolute Gasteiger partial charge is 0.234 e. The van der Waals surface area contributed by atoms with Crippen molar-refractivity contribution in [2.75, 3.05) is 17.7 Å². The van der Waals surface area contributed by atoms with Crippen LogP contribution in [0.1, 0.15) is 12.7 Å². The van der Waals surface area contributed by atoms with Crippen molar-refractivity contribution in [2.24, 2.45) is 7.05 Å². The van der Waals surface area contributed by atoms with E-state index in [9.17, 15) is 4.79 Å². The van der Waals surface area contributed by atoms with Crippen LogP contribution in [0.4, 0.5) is 5.69 Å². The Morgan fingerprint density at radius 2 is 1.64 bits per heavy atom. The van der Waals surface area contributed by atoms with Gasteiger partial charge in [0.1, 0.15) is 23.1 Å². The van der Waals surface area contributed by atoms with Gasteiger partial charge in [0.05, 0.1) is 12.4 Å².